The summed E-state index contributed by atoms with van der Waals surface area (Å²) in [5.41, 5.74) is -0.669. The van der Waals surface area contributed by atoms with Crippen LogP contribution in [-0.2, 0) is 0 Å². The highest BCUT2D eigenvalue weighted by molar-refractivity contribution is 4.91. The first-order valence-electron chi connectivity index (χ1n) is 6.73. The number of hydrogen-bond donors (Lipinski definition) is 1. The number of rotatable bonds is 9. The molecule has 0 aliphatic heterocycles. The maximum atomic E-state index is 9.77. The summed E-state index contributed by atoms with van der Waals surface area (Å²) in [5, 5.41) is 9.77. The Kier molecular flexibility index (Phi) is 7.74. The Hall–Kier alpha value is -0.300. The van der Waals surface area contributed by atoms with Crippen molar-refractivity contribution >= 4 is 0 Å². The van der Waals surface area contributed by atoms with Gasteiger partial charge in [-0.3, -0.25) is 0 Å². The first kappa shape index (κ1) is 15.7. The predicted octanol–water partition coefficient (Wildman–Crippen LogP) is 4.56. The molecule has 0 saturated carbocycles. The molecular weight excluding hydrogens is 196 g/mol. The molecule has 0 heterocycles. The van der Waals surface area contributed by atoms with E-state index in [1.807, 2.05) is 6.92 Å². The molecule has 0 rings (SSSR count). The molecule has 16 heavy (non-hydrogen) atoms. The lowest BCUT2D eigenvalue weighted by molar-refractivity contribution is 0.0974. The Labute approximate surface area is 102 Å². The molecule has 0 aliphatic carbocycles. The second-order valence-electron chi connectivity index (χ2n) is 5.88. The fourth-order valence-corrected chi connectivity index (χ4v) is 1.93. The van der Waals surface area contributed by atoms with Crippen LogP contribution in [0.25, 0.3) is 0 Å². The molecule has 0 bridgehead atoms. The van der Waals surface area contributed by atoms with E-state index in [4.69, 9.17) is 0 Å². The first-order valence-corrected chi connectivity index (χ1v) is 6.73. The summed E-state index contributed by atoms with van der Waals surface area (Å²) in [6.07, 6.45) is 8.82. The van der Waals surface area contributed by atoms with E-state index in [1.165, 1.54) is 25.7 Å². The van der Waals surface area contributed by atoms with Gasteiger partial charge in [0.2, 0.25) is 0 Å². The fourth-order valence-electron chi connectivity index (χ4n) is 1.93. The molecule has 0 aliphatic rings. The van der Waals surface area contributed by atoms with Crippen LogP contribution in [0.15, 0.2) is 12.7 Å². The van der Waals surface area contributed by atoms with Crippen LogP contribution < -0.4 is 0 Å². The Bertz CT molecular complexity index is 182. The van der Waals surface area contributed by atoms with E-state index in [-0.39, 0.29) is 0 Å². The molecule has 0 radical (unpaired) electrons. The molecule has 2 atom stereocenters. The first-order chi connectivity index (χ1) is 7.37. The number of hydrogen-bond acceptors (Lipinski definition) is 1. The van der Waals surface area contributed by atoms with Crippen molar-refractivity contribution in [3.05, 3.63) is 12.7 Å². The standard InChI is InChI=1S/C15H30O/c1-6-15(5,16)12-8-11-14(4)10-7-9-13(2)3/h6,13-14,16H,1,7-12H2,2-5H3/t14-,15+/m0/s1. The van der Waals surface area contributed by atoms with Crippen LogP contribution in [-0.4, -0.2) is 10.7 Å². The van der Waals surface area contributed by atoms with Gasteiger partial charge in [-0.2, -0.15) is 0 Å². The third-order valence-corrected chi connectivity index (χ3v) is 3.30. The van der Waals surface area contributed by atoms with Gasteiger partial charge in [-0.1, -0.05) is 59.0 Å². The fraction of sp³-hybridized carbons (Fsp3) is 0.867. The van der Waals surface area contributed by atoms with Gasteiger partial charge in [0, 0.05) is 0 Å². The minimum absolute atomic E-state index is 0.669. The van der Waals surface area contributed by atoms with Gasteiger partial charge >= 0.3 is 0 Å². The highest BCUT2D eigenvalue weighted by atomic mass is 16.3. The molecule has 0 aromatic rings. The average molecular weight is 226 g/mol. The molecule has 1 nitrogen and oxygen atoms in total. The van der Waals surface area contributed by atoms with Gasteiger partial charge < -0.3 is 5.11 Å². The minimum atomic E-state index is -0.669. The second kappa shape index (κ2) is 7.89. The van der Waals surface area contributed by atoms with E-state index >= 15 is 0 Å². The normalized spacial score (nSPS) is 17.1. The van der Waals surface area contributed by atoms with E-state index in [9.17, 15) is 5.11 Å². The zero-order valence-corrected chi connectivity index (χ0v) is 11.6. The quantitative estimate of drug-likeness (QED) is 0.572. The van der Waals surface area contributed by atoms with Gasteiger partial charge in [-0.05, 0) is 25.2 Å². The van der Waals surface area contributed by atoms with E-state index in [0.29, 0.717) is 0 Å². The van der Waals surface area contributed by atoms with Crippen molar-refractivity contribution in [1.82, 2.24) is 0 Å². The second-order valence-corrected chi connectivity index (χ2v) is 5.88. The molecule has 0 amide bonds. The maximum absolute atomic E-state index is 9.77. The molecule has 0 saturated heterocycles. The molecule has 0 spiro atoms. The molecule has 1 N–H and O–H groups in total. The molecule has 0 aromatic heterocycles. The van der Waals surface area contributed by atoms with Crippen LogP contribution in [0.5, 0.6) is 0 Å². The summed E-state index contributed by atoms with van der Waals surface area (Å²) < 4.78 is 0. The van der Waals surface area contributed by atoms with E-state index in [1.54, 1.807) is 6.08 Å². The third kappa shape index (κ3) is 8.96. The molecule has 0 unspecified atom stereocenters. The van der Waals surface area contributed by atoms with Crippen molar-refractivity contribution in [1.29, 1.82) is 0 Å². The summed E-state index contributed by atoms with van der Waals surface area (Å²) in [4.78, 5) is 0. The van der Waals surface area contributed by atoms with Gasteiger partial charge in [0.25, 0.3) is 0 Å². The number of aliphatic hydroxyl groups is 1. The monoisotopic (exact) mass is 226 g/mol. The van der Waals surface area contributed by atoms with Crippen LogP contribution in [0.1, 0.15) is 66.2 Å². The molecule has 96 valence electrons. The zero-order valence-electron chi connectivity index (χ0n) is 11.6. The lowest BCUT2D eigenvalue weighted by atomic mass is 9.92. The zero-order chi connectivity index (χ0) is 12.6. The third-order valence-electron chi connectivity index (χ3n) is 3.30. The molecule has 0 fully saturated rings. The van der Waals surface area contributed by atoms with E-state index < -0.39 is 5.60 Å². The van der Waals surface area contributed by atoms with Gasteiger partial charge in [0.15, 0.2) is 0 Å². The smallest absolute Gasteiger partial charge is 0.0797 e. The molecular formula is C15H30O. The Morgan fingerprint density at radius 1 is 1.12 bits per heavy atom. The Balaban J connectivity index is 3.50. The summed E-state index contributed by atoms with van der Waals surface area (Å²) in [6.45, 7) is 12.4. The highest BCUT2D eigenvalue weighted by Crippen LogP contribution is 2.21. The molecule has 0 aromatic carbocycles. The van der Waals surface area contributed by atoms with E-state index in [0.717, 1.165) is 24.7 Å². The van der Waals surface area contributed by atoms with Crippen LogP contribution >= 0.6 is 0 Å². The van der Waals surface area contributed by atoms with Gasteiger partial charge in [0.05, 0.1) is 5.60 Å². The predicted molar refractivity (Wildman–Crippen MR) is 72.5 cm³/mol. The van der Waals surface area contributed by atoms with Crippen molar-refractivity contribution in [2.75, 3.05) is 0 Å². The van der Waals surface area contributed by atoms with Crippen LogP contribution in [0.3, 0.4) is 0 Å². The summed E-state index contributed by atoms with van der Waals surface area (Å²) in [5.74, 6) is 1.62. The summed E-state index contributed by atoms with van der Waals surface area (Å²) in [6, 6.07) is 0. The average Bonchev–Trinajstić information content (AvgIpc) is 2.17. The van der Waals surface area contributed by atoms with Gasteiger partial charge in [-0.15, -0.1) is 6.58 Å². The van der Waals surface area contributed by atoms with Gasteiger partial charge in [0.1, 0.15) is 0 Å². The van der Waals surface area contributed by atoms with Crippen LogP contribution in [0.4, 0.5) is 0 Å². The van der Waals surface area contributed by atoms with Crippen molar-refractivity contribution in [2.45, 2.75) is 71.8 Å². The van der Waals surface area contributed by atoms with Crippen molar-refractivity contribution in [3.8, 4) is 0 Å². The van der Waals surface area contributed by atoms with Crippen LogP contribution in [0.2, 0.25) is 0 Å². The van der Waals surface area contributed by atoms with Gasteiger partial charge in [-0.25, -0.2) is 0 Å². The maximum Gasteiger partial charge on any atom is 0.0797 e. The van der Waals surface area contributed by atoms with Crippen molar-refractivity contribution in [2.24, 2.45) is 11.8 Å². The van der Waals surface area contributed by atoms with E-state index in [2.05, 4.69) is 27.4 Å². The summed E-state index contributed by atoms with van der Waals surface area (Å²) in [7, 11) is 0. The topological polar surface area (TPSA) is 20.2 Å². The highest BCUT2D eigenvalue weighted by Gasteiger charge is 2.15. The minimum Gasteiger partial charge on any atom is -0.386 e. The Morgan fingerprint density at radius 3 is 2.19 bits per heavy atom. The Morgan fingerprint density at radius 2 is 1.69 bits per heavy atom. The largest absolute Gasteiger partial charge is 0.386 e. The van der Waals surface area contributed by atoms with Crippen LogP contribution in [0, 0.1) is 11.8 Å². The lowest BCUT2D eigenvalue weighted by Crippen LogP contribution is -2.20. The lowest BCUT2D eigenvalue weighted by Gasteiger charge is -2.19. The van der Waals surface area contributed by atoms with Crippen molar-refractivity contribution < 1.29 is 5.11 Å². The SMILES string of the molecule is C=C[C@@](C)(O)CCC[C@@H](C)CCCC(C)C. The summed E-state index contributed by atoms with van der Waals surface area (Å²) >= 11 is 0. The van der Waals surface area contributed by atoms with Crippen molar-refractivity contribution in [3.63, 3.8) is 0 Å². The molecule has 1 heteroatoms.